The standard InChI is InChI=1S/C12H16FN/c1-9-5-7-10(8-6-9)14-12-4-2-3-11(12)13/h5-8,11-12,14H,2-4H2,1H3/t11-,12-/m1/s1. The van der Waals surface area contributed by atoms with Crippen LogP contribution in [0.2, 0.25) is 0 Å². The van der Waals surface area contributed by atoms with Crippen molar-refractivity contribution >= 4 is 5.69 Å². The largest absolute Gasteiger partial charge is 0.379 e. The van der Waals surface area contributed by atoms with Gasteiger partial charge in [0.05, 0.1) is 6.04 Å². The minimum atomic E-state index is -0.670. The highest BCUT2D eigenvalue weighted by molar-refractivity contribution is 5.45. The van der Waals surface area contributed by atoms with Crippen molar-refractivity contribution in [2.75, 3.05) is 5.32 Å². The molecule has 2 rings (SSSR count). The molecule has 1 fully saturated rings. The Bertz CT molecular complexity index is 294. The monoisotopic (exact) mass is 193 g/mol. The molecule has 0 bridgehead atoms. The molecule has 0 saturated heterocycles. The normalized spacial score (nSPS) is 26.4. The predicted molar refractivity (Wildman–Crippen MR) is 57.3 cm³/mol. The molecule has 1 aromatic rings. The molecule has 0 radical (unpaired) electrons. The molecule has 76 valence electrons. The van der Waals surface area contributed by atoms with E-state index in [-0.39, 0.29) is 6.04 Å². The van der Waals surface area contributed by atoms with E-state index in [1.54, 1.807) is 0 Å². The first-order chi connectivity index (χ1) is 6.75. The molecule has 1 N–H and O–H groups in total. The van der Waals surface area contributed by atoms with E-state index >= 15 is 0 Å². The lowest BCUT2D eigenvalue weighted by atomic mass is 10.2. The van der Waals surface area contributed by atoms with Crippen LogP contribution in [0.3, 0.4) is 0 Å². The lowest BCUT2D eigenvalue weighted by Crippen LogP contribution is -2.24. The molecule has 0 aliphatic heterocycles. The summed E-state index contributed by atoms with van der Waals surface area (Å²) in [6, 6.07) is 8.15. The van der Waals surface area contributed by atoms with Crippen molar-refractivity contribution in [1.82, 2.24) is 0 Å². The number of halogens is 1. The summed E-state index contributed by atoms with van der Waals surface area (Å²) in [6.07, 6.45) is 2.00. The first-order valence-corrected chi connectivity index (χ1v) is 5.23. The van der Waals surface area contributed by atoms with E-state index in [0.29, 0.717) is 6.42 Å². The van der Waals surface area contributed by atoms with Gasteiger partial charge < -0.3 is 5.32 Å². The summed E-state index contributed by atoms with van der Waals surface area (Å²) < 4.78 is 13.3. The fourth-order valence-corrected chi connectivity index (χ4v) is 1.94. The highest BCUT2D eigenvalue weighted by atomic mass is 19.1. The minimum Gasteiger partial charge on any atom is -0.379 e. The topological polar surface area (TPSA) is 12.0 Å². The Balaban J connectivity index is 2.00. The number of alkyl halides is 1. The van der Waals surface area contributed by atoms with E-state index in [2.05, 4.69) is 12.2 Å². The zero-order valence-electron chi connectivity index (χ0n) is 8.46. The van der Waals surface area contributed by atoms with E-state index in [0.717, 1.165) is 18.5 Å². The summed E-state index contributed by atoms with van der Waals surface area (Å²) in [5.74, 6) is 0. The van der Waals surface area contributed by atoms with Gasteiger partial charge in [0.15, 0.2) is 0 Å². The number of benzene rings is 1. The molecule has 1 nitrogen and oxygen atoms in total. The van der Waals surface area contributed by atoms with Crippen LogP contribution in [0.25, 0.3) is 0 Å². The van der Waals surface area contributed by atoms with Crippen molar-refractivity contribution in [2.45, 2.75) is 38.4 Å². The maximum atomic E-state index is 13.3. The summed E-state index contributed by atoms with van der Waals surface area (Å²) in [5.41, 5.74) is 2.27. The lowest BCUT2D eigenvalue weighted by Gasteiger charge is -2.16. The Morgan fingerprint density at radius 1 is 1.21 bits per heavy atom. The summed E-state index contributed by atoms with van der Waals surface area (Å²) in [6.45, 7) is 2.05. The molecular weight excluding hydrogens is 177 g/mol. The van der Waals surface area contributed by atoms with E-state index in [4.69, 9.17) is 0 Å². The van der Waals surface area contributed by atoms with Crippen molar-refractivity contribution in [3.05, 3.63) is 29.8 Å². The number of hydrogen-bond donors (Lipinski definition) is 1. The molecule has 14 heavy (non-hydrogen) atoms. The van der Waals surface area contributed by atoms with Gasteiger partial charge >= 0.3 is 0 Å². The van der Waals surface area contributed by atoms with Gasteiger partial charge in [-0.25, -0.2) is 4.39 Å². The second kappa shape index (κ2) is 3.99. The van der Waals surface area contributed by atoms with Gasteiger partial charge in [0.2, 0.25) is 0 Å². The molecule has 1 aromatic carbocycles. The third-order valence-electron chi connectivity index (χ3n) is 2.84. The Hall–Kier alpha value is -1.05. The second-order valence-electron chi connectivity index (χ2n) is 4.06. The smallest absolute Gasteiger partial charge is 0.120 e. The third kappa shape index (κ3) is 2.06. The van der Waals surface area contributed by atoms with Crippen LogP contribution in [0.1, 0.15) is 24.8 Å². The molecule has 1 aliphatic carbocycles. The van der Waals surface area contributed by atoms with Crippen LogP contribution < -0.4 is 5.32 Å². The van der Waals surface area contributed by atoms with Gasteiger partial charge in [-0.1, -0.05) is 17.7 Å². The molecule has 2 heteroatoms. The highest BCUT2D eigenvalue weighted by Gasteiger charge is 2.26. The Morgan fingerprint density at radius 3 is 2.50 bits per heavy atom. The zero-order valence-corrected chi connectivity index (χ0v) is 8.46. The van der Waals surface area contributed by atoms with Gasteiger partial charge in [-0.2, -0.15) is 0 Å². The van der Waals surface area contributed by atoms with Crippen LogP contribution in [-0.2, 0) is 0 Å². The molecule has 0 heterocycles. The first kappa shape index (κ1) is 9.50. The van der Waals surface area contributed by atoms with E-state index in [1.165, 1.54) is 5.56 Å². The third-order valence-corrected chi connectivity index (χ3v) is 2.84. The Kier molecular flexibility index (Phi) is 2.71. The second-order valence-corrected chi connectivity index (χ2v) is 4.06. The van der Waals surface area contributed by atoms with Crippen LogP contribution in [0.5, 0.6) is 0 Å². The van der Waals surface area contributed by atoms with Gasteiger partial charge in [-0.15, -0.1) is 0 Å². The summed E-state index contributed by atoms with van der Waals surface area (Å²) >= 11 is 0. The van der Waals surface area contributed by atoms with Gasteiger partial charge in [-0.05, 0) is 38.3 Å². The molecule has 0 spiro atoms. The number of anilines is 1. The summed E-state index contributed by atoms with van der Waals surface area (Å²) in [7, 11) is 0. The first-order valence-electron chi connectivity index (χ1n) is 5.23. The number of rotatable bonds is 2. The van der Waals surface area contributed by atoms with Gasteiger partial charge in [0, 0.05) is 5.69 Å². The zero-order chi connectivity index (χ0) is 9.97. The van der Waals surface area contributed by atoms with E-state index in [1.807, 2.05) is 24.3 Å². The summed E-state index contributed by atoms with van der Waals surface area (Å²) in [4.78, 5) is 0. The summed E-state index contributed by atoms with van der Waals surface area (Å²) in [5, 5.41) is 3.24. The van der Waals surface area contributed by atoms with Gasteiger partial charge in [0.25, 0.3) is 0 Å². The van der Waals surface area contributed by atoms with E-state index < -0.39 is 6.17 Å². The number of nitrogens with one attached hydrogen (secondary N) is 1. The number of hydrogen-bond acceptors (Lipinski definition) is 1. The van der Waals surface area contributed by atoms with Crippen LogP contribution in [-0.4, -0.2) is 12.2 Å². The highest BCUT2D eigenvalue weighted by Crippen LogP contribution is 2.25. The van der Waals surface area contributed by atoms with Crippen molar-refractivity contribution in [1.29, 1.82) is 0 Å². The number of aryl methyl sites for hydroxylation is 1. The molecule has 0 unspecified atom stereocenters. The molecular formula is C12H16FN. The SMILES string of the molecule is Cc1ccc(N[C@@H]2CCC[C@H]2F)cc1. The van der Waals surface area contributed by atoms with Crippen molar-refractivity contribution in [3.8, 4) is 0 Å². The molecule has 0 amide bonds. The maximum Gasteiger partial charge on any atom is 0.120 e. The van der Waals surface area contributed by atoms with Crippen molar-refractivity contribution < 1.29 is 4.39 Å². The van der Waals surface area contributed by atoms with Crippen LogP contribution >= 0.6 is 0 Å². The molecule has 1 aliphatic rings. The maximum absolute atomic E-state index is 13.3. The van der Waals surface area contributed by atoms with Crippen LogP contribution in [0, 0.1) is 6.92 Å². The van der Waals surface area contributed by atoms with Crippen molar-refractivity contribution in [3.63, 3.8) is 0 Å². The minimum absolute atomic E-state index is 0.0257. The average Bonchev–Trinajstić information content (AvgIpc) is 2.56. The van der Waals surface area contributed by atoms with Crippen LogP contribution in [0.4, 0.5) is 10.1 Å². The van der Waals surface area contributed by atoms with Gasteiger partial charge in [0.1, 0.15) is 6.17 Å². The molecule has 2 atom stereocenters. The average molecular weight is 193 g/mol. The lowest BCUT2D eigenvalue weighted by molar-refractivity contribution is 0.323. The predicted octanol–water partition coefficient (Wildman–Crippen LogP) is 3.30. The van der Waals surface area contributed by atoms with Crippen LogP contribution in [0.15, 0.2) is 24.3 Å². The fraction of sp³-hybridized carbons (Fsp3) is 0.500. The Morgan fingerprint density at radius 2 is 1.93 bits per heavy atom. The quantitative estimate of drug-likeness (QED) is 0.760. The molecule has 0 aromatic heterocycles. The molecule has 1 saturated carbocycles. The van der Waals surface area contributed by atoms with Gasteiger partial charge in [-0.3, -0.25) is 0 Å². The van der Waals surface area contributed by atoms with Crippen molar-refractivity contribution in [2.24, 2.45) is 0 Å². The van der Waals surface area contributed by atoms with E-state index in [9.17, 15) is 4.39 Å². The fourth-order valence-electron chi connectivity index (χ4n) is 1.94. The Labute approximate surface area is 84.3 Å².